The van der Waals surface area contributed by atoms with Crippen molar-refractivity contribution in [2.45, 2.75) is 19.3 Å². The van der Waals surface area contributed by atoms with Gasteiger partial charge in [-0.05, 0) is 31.8 Å². The molecule has 1 aliphatic heterocycles. The first-order valence-corrected chi connectivity index (χ1v) is 4.66. The van der Waals surface area contributed by atoms with Crippen molar-refractivity contribution in [1.82, 2.24) is 4.90 Å². The van der Waals surface area contributed by atoms with Gasteiger partial charge in [-0.15, -0.1) is 6.42 Å². The maximum absolute atomic E-state index is 10.7. The fourth-order valence-corrected chi connectivity index (χ4v) is 1.76. The third-order valence-corrected chi connectivity index (χ3v) is 2.51. The molecule has 3 heteroatoms. The van der Waals surface area contributed by atoms with E-state index in [1.165, 1.54) is 0 Å². The van der Waals surface area contributed by atoms with Crippen LogP contribution < -0.4 is 5.73 Å². The van der Waals surface area contributed by atoms with Crippen molar-refractivity contribution in [2.75, 3.05) is 19.6 Å². The molecule has 0 unspecified atom stereocenters. The van der Waals surface area contributed by atoms with E-state index in [9.17, 15) is 4.79 Å². The van der Waals surface area contributed by atoms with Gasteiger partial charge in [0.05, 0.1) is 6.54 Å². The highest BCUT2D eigenvalue weighted by Crippen LogP contribution is 2.19. The van der Waals surface area contributed by atoms with E-state index in [0.717, 1.165) is 32.5 Å². The highest BCUT2D eigenvalue weighted by molar-refractivity contribution is 5.73. The molecule has 1 amide bonds. The number of nitrogens with zero attached hydrogens (tertiary/aromatic N) is 1. The Kier molecular flexibility index (Phi) is 3.78. The van der Waals surface area contributed by atoms with Gasteiger partial charge in [-0.25, -0.2) is 0 Å². The fraction of sp³-hybridized carbons (Fsp3) is 0.700. The molecule has 0 bridgehead atoms. The third kappa shape index (κ3) is 3.47. The average Bonchev–Trinajstić information content (AvgIpc) is 2.08. The molecule has 1 rings (SSSR count). The van der Waals surface area contributed by atoms with Crippen LogP contribution in [0.25, 0.3) is 0 Å². The lowest BCUT2D eigenvalue weighted by Gasteiger charge is -2.29. The Bertz CT molecular complexity index is 211. The molecule has 2 N–H and O–H groups in total. The van der Waals surface area contributed by atoms with E-state index in [1.54, 1.807) is 0 Å². The zero-order valence-corrected chi connectivity index (χ0v) is 7.83. The molecule has 0 atom stereocenters. The van der Waals surface area contributed by atoms with Crippen LogP contribution in [-0.2, 0) is 4.79 Å². The van der Waals surface area contributed by atoms with Crippen molar-refractivity contribution in [2.24, 2.45) is 11.7 Å². The van der Waals surface area contributed by atoms with Crippen LogP contribution in [0.1, 0.15) is 19.3 Å². The van der Waals surface area contributed by atoms with Crippen LogP contribution in [0.3, 0.4) is 0 Å². The van der Waals surface area contributed by atoms with Gasteiger partial charge in [-0.3, -0.25) is 9.69 Å². The highest BCUT2D eigenvalue weighted by atomic mass is 16.1. The number of piperidine rings is 1. The molecule has 0 aromatic heterocycles. The summed E-state index contributed by atoms with van der Waals surface area (Å²) in [6.07, 6.45) is 7.83. The minimum atomic E-state index is -0.185. The summed E-state index contributed by atoms with van der Waals surface area (Å²) < 4.78 is 0. The van der Waals surface area contributed by atoms with E-state index in [4.69, 9.17) is 12.2 Å². The Morgan fingerprint density at radius 1 is 1.54 bits per heavy atom. The normalized spacial score (nSPS) is 19.6. The Balaban J connectivity index is 2.23. The van der Waals surface area contributed by atoms with Gasteiger partial charge in [0, 0.05) is 6.42 Å². The van der Waals surface area contributed by atoms with E-state index in [-0.39, 0.29) is 5.91 Å². The Labute approximate surface area is 79.3 Å². The minimum Gasteiger partial charge on any atom is -0.370 e. The molecule has 0 spiro atoms. The summed E-state index contributed by atoms with van der Waals surface area (Å²) in [4.78, 5) is 12.9. The number of carbonyl (C=O) groups is 1. The van der Waals surface area contributed by atoms with Crippen LogP contribution in [0.2, 0.25) is 0 Å². The molecule has 1 fully saturated rings. The first-order chi connectivity index (χ1) is 6.22. The molecular formula is C10H16N2O. The summed E-state index contributed by atoms with van der Waals surface area (Å²) in [5.41, 5.74) is 5.13. The monoisotopic (exact) mass is 180 g/mol. The summed E-state index contributed by atoms with van der Waals surface area (Å²) in [7, 11) is 0. The van der Waals surface area contributed by atoms with E-state index in [0.29, 0.717) is 12.3 Å². The molecule has 0 aliphatic carbocycles. The predicted octanol–water partition coefficient (Wildman–Crippen LogP) is 0.207. The second-order valence-corrected chi connectivity index (χ2v) is 3.59. The molecule has 0 radical (unpaired) electrons. The molecule has 0 saturated carbocycles. The summed E-state index contributed by atoms with van der Waals surface area (Å²) in [5.74, 6) is 2.92. The zero-order valence-electron chi connectivity index (χ0n) is 7.83. The second kappa shape index (κ2) is 4.88. The van der Waals surface area contributed by atoms with Crippen LogP contribution in [0.4, 0.5) is 0 Å². The van der Waals surface area contributed by atoms with Crippen molar-refractivity contribution < 1.29 is 4.79 Å². The van der Waals surface area contributed by atoms with Crippen LogP contribution in [0, 0.1) is 18.3 Å². The van der Waals surface area contributed by atoms with Gasteiger partial charge in [-0.2, -0.15) is 0 Å². The number of likely N-dealkylation sites (tertiary alicyclic amines) is 1. The SMILES string of the molecule is C#CCN1CCC(CC(N)=O)CC1. The van der Waals surface area contributed by atoms with E-state index in [2.05, 4.69) is 10.8 Å². The molecule has 3 nitrogen and oxygen atoms in total. The lowest BCUT2D eigenvalue weighted by Crippen LogP contribution is -2.35. The topological polar surface area (TPSA) is 46.3 Å². The van der Waals surface area contributed by atoms with Gasteiger partial charge in [0.25, 0.3) is 0 Å². The average molecular weight is 180 g/mol. The van der Waals surface area contributed by atoms with Crippen LogP contribution >= 0.6 is 0 Å². The van der Waals surface area contributed by atoms with Gasteiger partial charge in [0.1, 0.15) is 0 Å². The zero-order chi connectivity index (χ0) is 9.68. The summed E-state index contributed by atoms with van der Waals surface area (Å²) in [6.45, 7) is 2.73. The largest absolute Gasteiger partial charge is 0.370 e. The molecular weight excluding hydrogens is 164 g/mol. The van der Waals surface area contributed by atoms with Crippen molar-refractivity contribution in [3.63, 3.8) is 0 Å². The van der Waals surface area contributed by atoms with Crippen LogP contribution in [0.5, 0.6) is 0 Å². The van der Waals surface area contributed by atoms with Crippen molar-refractivity contribution in [1.29, 1.82) is 0 Å². The molecule has 1 heterocycles. The van der Waals surface area contributed by atoms with E-state index in [1.807, 2.05) is 0 Å². The maximum Gasteiger partial charge on any atom is 0.217 e. The Hall–Kier alpha value is -1.01. The summed E-state index contributed by atoms with van der Waals surface area (Å²) in [6, 6.07) is 0. The minimum absolute atomic E-state index is 0.185. The predicted molar refractivity (Wildman–Crippen MR) is 51.8 cm³/mol. The third-order valence-electron chi connectivity index (χ3n) is 2.51. The van der Waals surface area contributed by atoms with E-state index >= 15 is 0 Å². The number of hydrogen-bond acceptors (Lipinski definition) is 2. The number of primary amides is 1. The van der Waals surface area contributed by atoms with Crippen molar-refractivity contribution in [3.8, 4) is 12.3 Å². The molecule has 72 valence electrons. The molecule has 1 aliphatic rings. The smallest absolute Gasteiger partial charge is 0.217 e. The quantitative estimate of drug-likeness (QED) is 0.631. The highest BCUT2D eigenvalue weighted by Gasteiger charge is 2.19. The summed E-state index contributed by atoms with van der Waals surface area (Å²) >= 11 is 0. The number of terminal acetylenes is 1. The van der Waals surface area contributed by atoms with Crippen LogP contribution in [-0.4, -0.2) is 30.4 Å². The number of rotatable bonds is 3. The number of amides is 1. The van der Waals surface area contributed by atoms with Crippen molar-refractivity contribution >= 4 is 5.91 Å². The Morgan fingerprint density at radius 3 is 2.62 bits per heavy atom. The molecule has 0 aromatic rings. The standard InChI is InChI=1S/C10H16N2O/c1-2-5-12-6-3-9(4-7-12)8-10(11)13/h1,9H,3-8H2,(H2,11,13). The van der Waals surface area contributed by atoms with E-state index < -0.39 is 0 Å². The Morgan fingerprint density at radius 2 is 2.15 bits per heavy atom. The first kappa shape index (κ1) is 10.1. The van der Waals surface area contributed by atoms with Gasteiger partial charge < -0.3 is 5.73 Å². The molecule has 1 saturated heterocycles. The summed E-state index contributed by atoms with van der Waals surface area (Å²) in [5, 5.41) is 0. The lowest BCUT2D eigenvalue weighted by atomic mass is 9.93. The molecule has 0 aromatic carbocycles. The van der Waals surface area contributed by atoms with Crippen molar-refractivity contribution in [3.05, 3.63) is 0 Å². The second-order valence-electron chi connectivity index (χ2n) is 3.59. The van der Waals surface area contributed by atoms with Gasteiger partial charge in [-0.1, -0.05) is 5.92 Å². The van der Waals surface area contributed by atoms with Crippen LogP contribution in [0.15, 0.2) is 0 Å². The number of hydrogen-bond donors (Lipinski definition) is 1. The first-order valence-electron chi connectivity index (χ1n) is 4.66. The number of nitrogens with two attached hydrogens (primary N) is 1. The molecule has 13 heavy (non-hydrogen) atoms. The van der Waals surface area contributed by atoms with Gasteiger partial charge >= 0.3 is 0 Å². The fourth-order valence-electron chi connectivity index (χ4n) is 1.76. The van der Waals surface area contributed by atoms with Gasteiger partial charge in [0.2, 0.25) is 5.91 Å². The lowest BCUT2D eigenvalue weighted by molar-refractivity contribution is -0.119. The maximum atomic E-state index is 10.7. The van der Waals surface area contributed by atoms with Gasteiger partial charge in [0.15, 0.2) is 0 Å². The number of carbonyl (C=O) groups excluding carboxylic acids is 1.